The van der Waals surface area contributed by atoms with Crippen LogP contribution in [0.3, 0.4) is 0 Å². The number of rotatable bonds is 3. The van der Waals surface area contributed by atoms with Gasteiger partial charge in [-0.1, -0.05) is 160 Å². The lowest BCUT2D eigenvalue weighted by atomic mass is 9.80. The fourth-order valence-corrected chi connectivity index (χ4v) is 7.30. The van der Waals surface area contributed by atoms with E-state index in [1.165, 1.54) is 87.6 Å². The molecule has 0 nitrogen and oxygen atoms in total. The van der Waals surface area contributed by atoms with Crippen molar-refractivity contribution in [3.63, 3.8) is 0 Å². The van der Waals surface area contributed by atoms with E-state index in [1.54, 1.807) is 0 Å². The maximum atomic E-state index is 2.47. The van der Waals surface area contributed by atoms with E-state index in [1.807, 2.05) is 0 Å². The van der Waals surface area contributed by atoms with Gasteiger partial charge in [0.2, 0.25) is 0 Å². The largest absolute Gasteiger partial charge is 0.0620 e. The highest BCUT2D eigenvalue weighted by atomic mass is 14.3. The second kappa shape index (κ2) is 10.5. The Morgan fingerprint density at radius 2 is 0.844 bits per heavy atom. The van der Waals surface area contributed by atoms with Crippen LogP contribution in [-0.4, -0.2) is 0 Å². The van der Waals surface area contributed by atoms with E-state index in [2.05, 4.69) is 173 Å². The normalized spacial score (nSPS) is 12.0. The molecule has 0 aromatic heterocycles. The minimum Gasteiger partial charge on any atom is -0.0620 e. The molecule has 45 heavy (non-hydrogen) atoms. The minimum absolute atomic E-state index is 0.0213. The third-order valence-electron chi connectivity index (χ3n) is 9.58. The van der Waals surface area contributed by atoms with Crippen molar-refractivity contribution in [2.24, 2.45) is 0 Å². The Hall–Kier alpha value is -5.20. The molecule has 0 aliphatic carbocycles. The molecule has 0 bridgehead atoms. The third kappa shape index (κ3) is 4.44. The van der Waals surface area contributed by atoms with Crippen molar-refractivity contribution < 1.29 is 0 Å². The zero-order valence-electron chi connectivity index (χ0n) is 26.4. The predicted molar refractivity (Wildman–Crippen MR) is 196 cm³/mol. The maximum absolute atomic E-state index is 2.47. The molecule has 0 radical (unpaired) electrons. The number of benzene rings is 8. The molecule has 0 aliphatic rings. The lowest BCUT2D eigenvalue weighted by molar-refractivity contribution is 0.591. The van der Waals surface area contributed by atoms with Gasteiger partial charge in [-0.15, -0.1) is 0 Å². The van der Waals surface area contributed by atoms with Crippen molar-refractivity contribution in [2.75, 3.05) is 0 Å². The van der Waals surface area contributed by atoms with Crippen LogP contribution in [0.4, 0.5) is 0 Å². The minimum atomic E-state index is 0.0213. The van der Waals surface area contributed by atoms with Gasteiger partial charge in [-0.3, -0.25) is 0 Å². The highest BCUT2D eigenvalue weighted by molar-refractivity contribution is 6.25. The first-order valence-corrected chi connectivity index (χ1v) is 16.0. The van der Waals surface area contributed by atoms with E-state index in [4.69, 9.17) is 0 Å². The Morgan fingerprint density at radius 1 is 0.356 bits per heavy atom. The van der Waals surface area contributed by atoms with Crippen LogP contribution >= 0.6 is 0 Å². The van der Waals surface area contributed by atoms with Crippen molar-refractivity contribution in [3.8, 4) is 33.4 Å². The number of aryl methyl sites for hydroxylation is 1. The number of fused-ring (bicyclic) bond motifs is 4. The molecule has 0 amide bonds. The van der Waals surface area contributed by atoms with Gasteiger partial charge in [0.25, 0.3) is 0 Å². The molecule has 8 rings (SSSR count). The Balaban J connectivity index is 1.54. The summed E-state index contributed by atoms with van der Waals surface area (Å²) in [6.07, 6.45) is 0. The molecule has 0 spiro atoms. The molecular weight excluding hydrogens is 540 g/mol. The van der Waals surface area contributed by atoms with Crippen molar-refractivity contribution in [1.82, 2.24) is 0 Å². The lowest BCUT2D eigenvalue weighted by Gasteiger charge is -2.24. The molecular formula is C45H36. The molecule has 0 unspecified atom stereocenters. The van der Waals surface area contributed by atoms with Gasteiger partial charge in [0.1, 0.15) is 0 Å². The summed E-state index contributed by atoms with van der Waals surface area (Å²) in [4.78, 5) is 0. The van der Waals surface area contributed by atoms with E-state index >= 15 is 0 Å². The van der Waals surface area contributed by atoms with Gasteiger partial charge in [-0.05, 0) is 106 Å². The van der Waals surface area contributed by atoms with E-state index in [-0.39, 0.29) is 5.41 Å². The van der Waals surface area contributed by atoms with Gasteiger partial charge in [0.05, 0.1) is 0 Å². The Kier molecular flexibility index (Phi) is 6.36. The van der Waals surface area contributed by atoms with Gasteiger partial charge in [-0.2, -0.15) is 0 Å². The first-order chi connectivity index (χ1) is 21.9. The van der Waals surface area contributed by atoms with E-state index < -0.39 is 0 Å². The van der Waals surface area contributed by atoms with Gasteiger partial charge in [-0.25, -0.2) is 0 Å². The van der Waals surface area contributed by atoms with Crippen LogP contribution in [0.15, 0.2) is 146 Å². The molecule has 0 aliphatic heterocycles. The summed E-state index contributed by atoms with van der Waals surface area (Å²) < 4.78 is 0. The maximum Gasteiger partial charge on any atom is -0.00200 e. The summed E-state index contributed by atoms with van der Waals surface area (Å²) in [6, 6.07) is 54.1. The molecule has 0 atom stereocenters. The molecule has 0 fully saturated rings. The standard InChI is InChI=1S/C45H36/c1-29-14-5-7-17-32(29)36-26-27-40(35-20-10-9-19-34(35)36)44-39-22-12-11-21-38(39)43(37-23-13-16-30-15-6-8-18-33(30)37)41-25-24-31(28-42(41)44)45(2,3)4/h5-28H,1-4H3. The summed E-state index contributed by atoms with van der Waals surface area (Å²) in [5, 5.41) is 10.3. The molecule has 8 aromatic rings. The van der Waals surface area contributed by atoms with Crippen molar-refractivity contribution in [3.05, 3.63) is 157 Å². The van der Waals surface area contributed by atoms with Crippen molar-refractivity contribution in [2.45, 2.75) is 33.1 Å². The van der Waals surface area contributed by atoms with E-state index in [0.717, 1.165) is 0 Å². The zero-order valence-corrected chi connectivity index (χ0v) is 26.4. The Bertz CT molecular complexity index is 2410. The lowest BCUT2D eigenvalue weighted by Crippen LogP contribution is -2.10. The van der Waals surface area contributed by atoms with Crippen LogP contribution in [0, 0.1) is 6.92 Å². The van der Waals surface area contributed by atoms with Crippen LogP contribution < -0.4 is 0 Å². The SMILES string of the molecule is Cc1ccccc1-c1ccc(-c2c3ccccc3c(-c3cccc4ccccc34)c3ccc(C(C)(C)C)cc23)c2ccccc12. The first-order valence-electron chi connectivity index (χ1n) is 16.0. The molecule has 0 saturated heterocycles. The monoisotopic (exact) mass is 576 g/mol. The smallest absolute Gasteiger partial charge is 0.00200 e. The Morgan fingerprint density at radius 3 is 1.56 bits per heavy atom. The average molecular weight is 577 g/mol. The molecule has 216 valence electrons. The van der Waals surface area contributed by atoms with Crippen molar-refractivity contribution in [1.29, 1.82) is 0 Å². The molecule has 8 aromatic carbocycles. The summed E-state index contributed by atoms with van der Waals surface area (Å²) in [7, 11) is 0. The first kappa shape index (κ1) is 27.4. The molecule has 0 heterocycles. The highest BCUT2D eigenvalue weighted by Crippen LogP contribution is 2.48. The van der Waals surface area contributed by atoms with Crippen molar-refractivity contribution >= 4 is 43.1 Å². The fraction of sp³-hybridized carbons (Fsp3) is 0.111. The summed E-state index contributed by atoms with van der Waals surface area (Å²) in [5.41, 5.74) is 10.4. The second-order valence-electron chi connectivity index (χ2n) is 13.4. The molecule has 0 heteroatoms. The number of hydrogen-bond acceptors (Lipinski definition) is 0. The summed E-state index contributed by atoms with van der Waals surface area (Å²) >= 11 is 0. The second-order valence-corrected chi connectivity index (χ2v) is 13.4. The van der Waals surface area contributed by atoms with Crippen LogP contribution in [0.2, 0.25) is 0 Å². The quantitative estimate of drug-likeness (QED) is 0.184. The van der Waals surface area contributed by atoms with E-state index in [9.17, 15) is 0 Å². The predicted octanol–water partition coefficient (Wildman–Crippen LogP) is 12.9. The topological polar surface area (TPSA) is 0 Å². The van der Waals surface area contributed by atoms with Gasteiger partial charge < -0.3 is 0 Å². The summed E-state index contributed by atoms with van der Waals surface area (Å²) in [6.45, 7) is 9.14. The van der Waals surface area contributed by atoms with Gasteiger partial charge in [0.15, 0.2) is 0 Å². The highest BCUT2D eigenvalue weighted by Gasteiger charge is 2.22. The summed E-state index contributed by atoms with van der Waals surface area (Å²) in [5.74, 6) is 0. The zero-order chi connectivity index (χ0) is 30.7. The Labute approximate surface area is 265 Å². The molecule has 0 N–H and O–H groups in total. The van der Waals surface area contributed by atoms with Crippen LogP contribution in [0.25, 0.3) is 76.5 Å². The molecule has 0 saturated carbocycles. The number of hydrogen-bond donors (Lipinski definition) is 0. The van der Waals surface area contributed by atoms with Crippen LogP contribution in [-0.2, 0) is 5.41 Å². The van der Waals surface area contributed by atoms with Gasteiger partial charge in [0, 0.05) is 0 Å². The van der Waals surface area contributed by atoms with E-state index in [0.29, 0.717) is 0 Å². The van der Waals surface area contributed by atoms with Gasteiger partial charge >= 0.3 is 0 Å². The van der Waals surface area contributed by atoms with Crippen LogP contribution in [0.5, 0.6) is 0 Å². The third-order valence-corrected chi connectivity index (χ3v) is 9.58. The van der Waals surface area contributed by atoms with Crippen LogP contribution in [0.1, 0.15) is 31.9 Å². The fourth-order valence-electron chi connectivity index (χ4n) is 7.30. The average Bonchev–Trinajstić information content (AvgIpc) is 3.06.